The molecule has 0 amide bonds. The van der Waals surface area contributed by atoms with Crippen molar-refractivity contribution in [1.29, 1.82) is 0 Å². The van der Waals surface area contributed by atoms with Gasteiger partial charge in [0.05, 0.1) is 11.2 Å². The molecule has 0 aliphatic carbocycles. The predicted molar refractivity (Wildman–Crippen MR) is 94.2 cm³/mol. The van der Waals surface area contributed by atoms with Gasteiger partial charge in [-0.05, 0) is 35.9 Å². The Hall–Kier alpha value is -3.54. The van der Waals surface area contributed by atoms with Crippen molar-refractivity contribution in [2.24, 2.45) is 0 Å². The first-order valence-corrected chi connectivity index (χ1v) is 7.57. The summed E-state index contributed by atoms with van der Waals surface area (Å²) in [4.78, 5) is 12.6. The van der Waals surface area contributed by atoms with Gasteiger partial charge in [-0.25, -0.2) is 14.4 Å². The summed E-state index contributed by atoms with van der Waals surface area (Å²) in [5, 5.41) is 10.4. The van der Waals surface area contributed by atoms with Crippen molar-refractivity contribution in [1.82, 2.24) is 15.0 Å². The van der Waals surface area contributed by atoms with E-state index in [1.807, 2.05) is 24.3 Å². The molecule has 25 heavy (non-hydrogen) atoms. The van der Waals surface area contributed by atoms with Crippen LogP contribution in [0.1, 0.15) is 0 Å². The summed E-state index contributed by atoms with van der Waals surface area (Å²) >= 11 is 0. The van der Waals surface area contributed by atoms with Gasteiger partial charge < -0.3 is 10.8 Å². The number of halogens is 1. The summed E-state index contributed by atoms with van der Waals surface area (Å²) in [7, 11) is 0. The molecule has 5 nitrogen and oxygen atoms in total. The number of hydrogen-bond donors (Lipinski definition) is 2. The van der Waals surface area contributed by atoms with E-state index in [1.54, 1.807) is 12.3 Å². The molecule has 6 heteroatoms. The predicted octanol–water partition coefficient (Wildman–Crippen LogP) is 3.79. The van der Waals surface area contributed by atoms with Crippen LogP contribution in [0.4, 0.5) is 10.2 Å². The molecule has 0 saturated heterocycles. The largest absolute Gasteiger partial charge is 0.508 e. The maximum absolute atomic E-state index is 13.7. The molecule has 2 aromatic heterocycles. The number of phenols is 1. The maximum atomic E-state index is 13.7. The van der Waals surface area contributed by atoms with E-state index in [1.165, 1.54) is 18.5 Å². The molecule has 2 heterocycles. The molecule has 0 radical (unpaired) electrons. The monoisotopic (exact) mass is 332 g/mol. The summed E-state index contributed by atoms with van der Waals surface area (Å²) < 4.78 is 13.7. The molecule has 0 aliphatic heterocycles. The Balaban J connectivity index is 1.94. The van der Waals surface area contributed by atoms with Crippen LogP contribution in [0.15, 0.2) is 61.1 Å². The molecule has 0 saturated carbocycles. The molecule has 3 N–H and O–H groups in total. The highest BCUT2D eigenvalue weighted by molar-refractivity contribution is 5.93. The zero-order valence-corrected chi connectivity index (χ0v) is 13.0. The molecular weight excluding hydrogens is 319 g/mol. The number of nitrogens with zero attached hydrogens (tertiary/aromatic N) is 3. The first-order valence-electron chi connectivity index (χ1n) is 7.57. The van der Waals surface area contributed by atoms with Crippen molar-refractivity contribution in [3.8, 4) is 28.1 Å². The Morgan fingerprint density at radius 2 is 1.80 bits per heavy atom. The van der Waals surface area contributed by atoms with Crippen molar-refractivity contribution < 1.29 is 9.50 Å². The minimum Gasteiger partial charge on any atom is -0.508 e. The number of nitrogens with two attached hydrogens (primary N) is 1. The van der Waals surface area contributed by atoms with Gasteiger partial charge in [-0.15, -0.1) is 0 Å². The van der Waals surface area contributed by atoms with Crippen LogP contribution in [0, 0.1) is 5.82 Å². The normalized spacial score (nSPS) is 10.9. The van der Waals surface area contributed by atoms with Gasteiger partial charge in [-0.3, -0.25) is 4.98 Å². The first-order chi connectivity index (χ1) is 12.1. The van der Waals surface area contributed by atoms with Crippen LogP contribution in [-0.2, 0) is 0 Å². The number of aromatic hydroxyl groups is 1. The zero-order valence-electron chi connectivity index (χ0n) is 13.0. The molecule has 0 aliphatic rings. The van der Waals surface area contributed by atoms with Crippen LogP contribution in [0.5, 0.6) is 5.75 Å². The minimum atomic E-state index is -0.525. The highest BCUT2D eigenvalue weighted by atomic mass is 19.1. The summed E-state index contributed by atoms with van der Waals surface area (Å²) in [6.45, 7) is 0. The molecule has 0 unspecified atom stereocenters. The molecule has 122 valence electrons. The summed E-state index contributed by atoms with van der Waals surface area (Å²) in [5.41, 5.74) is 9.37. The summed E-state index contributed by atoms with van der Waals surface area (Å²) in [5.74, 6) is -0.286. The molecular formula is C19H13FN4O. The number of aromatic nitrogens is 3. The second kappa shape index (κ2) is 5.83. The molecule has 0 spiro atoms. The van der Waals surface area contributed by atoms with Crippen LogP contribution in [0.25, 0.3) is 33.3 Å². The SMILES string of the molecule is Nc1ncnc2ccc(-c3cccnc3-c3cc(O)cc(F)c3)cc12. The Morgan fingerprint density at radius 1 is 0.920 bits per heavy atom. The lowest BCUT2D eigenvalue weighted by Gasteiger charge is -2.11. The third-order valence-electron chi connectivity index (χ3n) is 3.94. The van der Waals surface area contributed by atoms with Gasteiger partial charge >= 0.3 is 0 Å². The number of pyridine rings is 1. The van der Waals surface area contributed by atoms with Crippen molar-refractivity contribution in [3.63, 3.8) is 0 Å². The second-order valence-electron chi connectivity index (χ2n) is 5.59. The quantitative estimate of drug-likeness (QED) is 0.583. The maximum Gasteiger partial charge on any atom is 0.134 e. The number of phenolic OH excluding ortho intramolecular Hbond substituents is 1. The van der Waals surface area contributed by atoms with E-state index >= 15 is 0 Å². The third kappa shape index (κ3) is 2.74. The number of benzene rings is 2. The van der Waals surface area contributed by atoms with Gasteiger partial charge in [0, 0.05) is 28.8 Å². The van der Waals surface area contributed by atoms with Gasteiger partial charge in [-0.1, -0.05) is 12.1 Å². The first kappa shape index (κ1) is 15.0. The van der Waals surface area contributed by atoms with E-state index in [-0.39, 0.29) is 5.75 Å². The molecule has 0 atom stereocenters. The number of nitrogen functional groups attached to an aromatic ring is 1. The van der Waals surface area contributed by atoms with Crippen molar-refractivity contribution in [2.75, 3.05) is 5.73 Å². The van der Waals surface area contributed by atoms with Gasteiger partial charge in [0.1, 0.15) is 23.7 Å². The average molecular weight is 332 g/mol. The third-order valence-corrected chi connectivity index (χ3v) is 3.94. The van der Waals surface area contributed by atoms with E-state index in [9.17, 15) is 9.50 Å². The molecule has 4 aromatic rings. The molecule has 2 aromatic carbocycles. The lowest BCUT2D eigenvalue weighted by atomic mass is 9.98. The Morgan fingerprint density at radius 3 is 2.64 bits per heavy atom. The van der Waals surface area contributed by atoms with Crippen LogP contribution in [-0.4, -0.2) is 20.1 Å². The van der Waals surface area contributed by atoms with Crippen LogP contribution in [0.3, 0.4) is 0 Å². The van der Waals surface area contributed by atoms with Crippen molar-refractivity contribution in [2.45, 2.75) is 0 Å². The molecule has 0 bridgehead atoms. The van der Waals surface area contributed by atoms with Gasteiger partial charge in [0.2, 0.25) is 0 Å². The van der Waals surface area contributed by atoms with E-state index in [0.29, 0.717) is 17.1 Å². The average Bonchev–Trinajstić information content (AvgIpc) is 2.61. The van der Waals surface area contributed by atoms with Gasteiger partial charge in [0.15, 0.2) is 0 Å². The topological polar surface area (TPSA) is 84.9 Å². The number of hydrogen-bond acceptors (Lipinski definition) is 5. The van der Waals surface area contributed by atoms with Crippen molar-refractivity contribution in [3.05, 3.63) is 66.9 Å². The Labute approximate surface area is 142 Å². The Bertz CT molecular complexity index is 1080. The standard InChI is InChI=1S/C19H13FN4O/c20-13-6-12(7-14(25)9-13)18-15(2-1-5-22-18)11-3-4-17-16(8-11)19(21)24-10-23-17/h1-10,25H,(H2,21,23,24). The number of rotatable bonds is 2. The lowest BCUT2D eigenvalue weighted by molar-refractivity contribution is 0.469. The van der Waals surface area contributed by atoms with Crippen LogP contribution >= 0.6 is 0 Å². The van der Waals surface area contributed by atoms with Gasteiger partial charge in [0.25, 0.3) is 0 Å². The van der Waals surface area contributed by atoms with Crippen LogP contribution in [0.2, 0.25) is 0 Å². The highest BCUT2D eigenvalue weighted by Crippen LogP contribution is 2.34. The fourth-order valence-corrected chi connectivity index (χ4v) is 2.82. The zero-order chi connectivity index (χ0) is 17.4. The number of anilines is 1. The minimum absolute atomic E-state index is 0.150. The Kier molecular flexibility index (Phi) is 3.50. The summed E-state index contributed by atoms with van der Waals surface area (Å²) in [6, 6.07) is 13.2. The fourth-order valence-electron chi connectivity index (χ4n) is 2.82. The van der Waals surface area contributed by atoms with Crippen molar-refractivity contribution >= 4 is 16.7 Å². The molecule has 4 rings (SSSR count). The van der Waals surface area contributed by atoms with E-state index in [0.717, 1.165) is 28.1 Å². The van der Waals surface area contributed by atoms with Gasteiger partial charge in [-0.2, -0.15) is 0 Å². The fraction of sp³-hybridized carbons (Fsp3) is 0. The smallest absolute Gasteiger partial charge is 0.134 e. The molecule has 0 fully saturated rings. The van der Waals surface area contributed by atoms with E-state index in [4.69, 9.17) is 5.73 Å². The van der Waals surface area contributed by atoms with E-state index in [2.05, 4.69) is 15.0 Å². The summed E-state index contributed by atoms with van der Waals surface area (Å²) in [6.07, 6.45) is 3.04. The van der Waals surface area contributed by atoms with Crippen LogP contribution < -0.4 is 5.73 Å². The second-order valence-corrected chi connectivity index (χ2v) is 5.59. The van der Waals surface area contributed by atoms with E-state index < -0.39 is 5.82 Å². The lowest BCUT2D eigenvalue weighted by Crippen LogP contribution is -1.94. The number of fused-ring (bicyclic) bond motifs is 1. The highest BCUT2D eigenvalue weighted by Gasteiger charge is 2.12.